The van der Waals surface area contributed by atoms with Crippen LogP contribution in [-0.4, -0.2) is 36.4 Å². The third-order valence-corrected chi connectivity index (χ3v) is 2.82. The molecular weight excluding hydrogens is 292 g/mol. The Bertz CT molecular complexity index is 494. The van der Waals surface area contributed by atoms with Crippen LogP contribution in [0.1, 0.15) is 37.0 Å². The third-order valence-electron chi connectivity index (χ3n) is 2.62. The molecule has 0 aliphatic carbocycles. The summed E-state index contributed by atoms with van der Waals surface area (Å²) >= 11 is 5.90. The summed E-state index contributed by atoms with van der Waals surface area (Å²) in [7, 11) is 0. The fourth-order valence-corrected chi connectivity index (χ4v) is 1.86. The fourth-order valence-electron chi connectivity index (χ4n) is 1.65. The van der Waals surface area contributed by atoms with Gasteiger partial charge in [-0.2, -0.15) is 0 Å². The average Bonchev–Trinajstić information content (AvgIpc) is 2.44. The molecule has 0 unspecified atom stereocenters. The number of carbonyl (C=O) groups is 2. The van der Waals surface area contributed by atoms with Gasteiger partial charge in [-0.3, -0.25) is 9.59 Å². The molecule has 1 rings (SSSR count). The molecule has 6 nitrogen and oxygen atoms in total. The van der Waals surface area contributed by atoms with Crippen molar-refractivity contribution >= 4 is 29.2 Å². The van der Waals surface area contributed by atoms with Crippen LogP contribution in [0.2, 0.25) is 5.15 Å². The lowest BCUT2D eigenvalue weighted by Gasteiger charge is -2.08. The molecule has 21 heavy (non-hydrogen) atoms. The highest BCUT2D eigenvalue weighted by Gasteiger charge is 2.09. The number of carbonyl (C=O) groups excluding carboxylic acids is 2. The molecule has 0 spiro atoms. The van der Waals surface area contributed by atoms with Crippen molar-refractivity contribution in [1.29, 1.82) is 0 Å². The zero-order valence-electron chi connectivity index (χ0n) is 12.3. The standard InChI is InChI=1S/C14H21ClN4O2/c1-3-6-17-12-9-10(8-11(15)19-12)14(21)18-7-5-13(20)16-4-2/h8-9H,3-7H2,1-2H3,(H,16,20)(H,17,19)(H,18,21). The topological polar surface area (TPSA) is 83.1 Å². The Morgan fingerprint density at radius 3 is 2.62 bits per heavy atom. The molecule has 1 aromatic rings. The number of hydrogen-bond acceptors (Lipinski definition) is 4. The number of aromatic nitrogens is 1. The van der Waals surface area contributed by atoms with E-state index < -0.39 is 0 Å². The maximum atomic E-state index is 12.0. The first-order valence-electron chi connectivity index (χ1n) is 7.03. The van der Waals surface area contributed by atoms with Crippen molar-refractivity contribution in [2.45, 2.75) is 26.7 Å². The predicted octanol–water partition coefficient (Wildman–Crippen LogP) is 1.81. The molecule has 1 heterocycles. The number of rotatable bonds is 8. The van der Waals surface area contributed by atoms with E-state index >= 15 is 0 Å². The van der Waals surface area contributed by atoms with Crippen molar-refractivity contribution in [1.82, 2.24) is 15.6 Å². The molecule has 0 aliphatic rings. The molecular formula is C14H21ClN4O2. The number of nitrogens with one attached hydrogen (secondary N) is 3. The van der Waals surface area contributed by atoms with E-state index in [4.69, 9.17) is 11.6 Å². The van der Waals surface area contributed by atoms with E-state index in [1.165, 1.54) is 6.07 Å². The lowest BCUT2D eigenvalue weighted by atomic mass is 10.2. The summed E-state index contributed by atoms with van der Waals surface area (Å²) in [5.41, 5.74) is 0.421. The second-order valence-corrected chi connectivity index (χ2v) is 4.84. The quantitative estimate of drug-likeness (QED) is 0.639. The highest BCUT2D eigenvalue weighted by Crippen LogP contribution is 2.14. The minimum absolute atomic E-state index is 0.0872. The summed E-state index contributed by atoms with van der Waals surface area (Å²) < 4.78 is 0. The van der Waals surface area contributed by atoms with Gasteiger partial charge in [-0.1, -0.05) is 18.5 Å². The van der Waals surface area contributed by atoms with E-state index in [2.05, 4.69) is 20.9 Å². The smallest absolute Gasteiger partial charge is 0.251 e. The van der Waals surface area contributed by atoms with Gasteiger partial charge in [-0.05, 0) is 25.5 Å². The highest BCUT2D eigenvalue weighted by molar-refractivity contribution is 6.29. The summed E-state index contributed by atoms with van der Waals surface area (Å²) in [6.45, 7) is 5.50. The van der Waals surface area contributed by atoms with Gasteiger partial charge in [0, 0.05) is 31.6 Å². The zero-order chi connectivity index (χ0) is 15.7. The Balaban J connectivity index is 2.56. The number of anilines is 1. The summed E-state index contributed by atoms with van der Waals surface area (Å²) in [5.74, 6) is 0.206. The van der Waals surface area contributed by atoms with Crippen molar-refractivity contribution in [3.63, 3.8) is 0 Å². The lowest BCUT2D eigenvalue weighted by Crippen LogP contribution is -2.30. The molecule has 0 saturated carbocycles. The summed E-state index contributed by atoms with van der Waals surface area (Å²) in [6, 6.07) is 3.14. The van der Waals surface area contributed by atoms with E-state index in [9.17, 15) is 9.59 Å². The molecule has 2 amide bonds. The third kappa shape index (κ3) is 6.44. The van der Waals surface area contributed by atoms with Crippen LogP contribution in [0, 0.1) is 0 Å². The van der Waals surface area contributed by atoms with Crippen molar-refractivity contribution in [2.75, 3.05) is 25.0 Å². The Labute approximate surface area is 129 Å². The van der Waals surface area contributed by atoms with Gasteiger partial charge in [0.1, 0.15) is 11.0 Å². The van der Waals surface area contributed by atoms with Crippen LogP contribution in [0.15, 0.2) is 12.1 Å². The first kappa shape index (κ1) is 17.2. The molecule has 0 radical (unpaired) electrons. The maximum Gasteiger partial charge on any atom is 0.251 e. The number of hydrogen-bond donors (Lipinski definition) is 3. The van der Waals surface area contributed by atoms with E-state index in [0.29, 0.717) is 17.9 Å². The number of pyridine rings is 1. The summed E-state index contributed by atoms with van der Waals surface area (Å²) in [5, 5.41) is 8.69. The van der Waals surface area contributed by atoms with Crippen LogP contribution in [0.3, 0.4) is 0 Å². The minimum Gasteiger partial charge on any atom is -0.370 e. The molecule has 0 bridgehead atoms. The van der Waals surface area contributed by atoms with Crippen LogP contribution in [0.25, 0.3) is 0 Å². The Morgan fingerprint density at radius 1 is 1.19 bits per heavy atom. The lowest BCUT2D eigenvalue weighted by molar-refractivity contribution is -0.120. The van der Waals surface area contributed by atoms with Crippen molar-refractivity contribution in [3.8, 4) is 0 Å². The predicted molar refractivity (Wildman–Crippen MR) is 83.7 cm³/mol. The molecule has 3 N–H and O–H groups in total. The first-order valence-corrected chi connectivity index (χ1v) is 7.41. The largest absolute Gasteiger partial charge is 0.370 e. The first-order chi connectivity index (χ1) is 10.1. The van der Waals surface area contributed by atoms with Gasteiger partial charge in [0.05, 0.1) is 0 Å². The van der Waals surface area contributed by atoms with Gasteiger partial charge >= 0.3 is 0 Å². The molecule has 7 heteroatoms. The van der Waals surface area contributed by atoms with E-state index in [1.54, 1.807) is 6.07 Å². The Hall–Kier alpha value is -1.82. The molecule has 0 atom stereocenters. The van der Waals surface area contributed by atoms with Gasteiger partial charge in [-0.25, -0.2) is 4.98 Å². The molecule has 0 saturated heterocycles. The summed E-state index contributed by atoms with van der Waals surface area (Å²) in [6.07, 6.45) is 1.20. The fraction of sp³-hybridized carbons (Fsp3) is 0.500. The van der Waals surface area contributed by atoms with Crippen LogP contribution in [0.4, 0.5) is 5.82 Å². The number of amides is 2. The van der Waals surface area contributed by atoms with Gasteiger partial charge in [-0.15, -0.1) is 0 Å². The van der Waals surface area contributed by atoms with Gasteiger partial charge in [0.2, 0.25) is 5.91 Å². The SMILES string of the molecule is CCCNc1cc(C(=O)NCCC(=O)NCC)cc(Cl)n1. The number of halogens is 1. The van der Waals surface area contributed by atoms with Crippen LogP contribution < -0.4 is 16.0 Å². The Kier molecular flexibility index (Phi) is 7.53. The van der Waals surface area contributed by atoms with Crippen LogP contribution in [0.5, 0.6) is 0 Å². The van der Waals surface area contributed by atoms with E-state index in [1.807, 2.05) is 13.8 Å². The van der Waals surface area contributed by atoms with Gasteiger partial charge in [0.25, 0.3) is 5.91 Å². The highest BCUT2D eigenvalue weighted by atomic mass is 35.5. The monoisotopic (exact) mass is 312 g/mol. The normalized spacial score (nSPS) is 10.0. The molecule has 0 aliphatic heterocycles. The van der Waals surface area contributed by atoms with E-state index in [-0.39, 0.29) is 29.9 Å². The van der Waals surface area contributed by atoms with Gasteiger partial charge < -0.3 is 16.0 Å². The summed E-state index contributed by atoms with van der Waals surface area (Å²) in [4.78, 5) is 27.4. The zero-order valence-corrected chi connectivity index (χ0v) is 13.1. The van der Waals surface area contributed by atoms with E-state index in [0.717, 1.165) is 13.0 Å². The second-order valence-electron chi connectivity index (χ2n) is 4.45. The minimum atomic E-state index is -0.275. The molecule has 0 aromatic carbocycles. The van der Waals surface area contributed by atoms with Crippen molar-refractivity contribution in [3.05, 3.63) is 22.8 Å². The van der Waals surface area contributed by atoms with Gasteiger partial charge in [0.15, 0.2) is 0 Å². The maximum absolute atomic E-state index is 12.0. The molecule has 1 aromatic heterocycles. The van der Waals surface area contributed by atoms with Crippen LogP contribution in [-0.2, 0) is 4.79 Å². The average molecular weight is 313 g/mol. The van der Waals surface area contributed by atoms with Crippen LogP contribution >= 0.6 is 11.6 Å². The van der Waals surface area contributed by atoms with Crippen molar-refractivity contribution < 1.29 is 9.59 Å². The number of nitrogens with zero attached hydrogens (tertiary/aromatic N) is 1. The Morgan fingerprint density at radius 2 is 1.95 bits per heavy atom. The van der Waals surface area contributed by atoms with Crippen molar-refractivity contribution in [2.24, 2.45) is 0 Å². The molecule has 0 fully saturated rings. The second kappa shape index (κ2) is 9.18. The molecule has 116 valence electrons.